The molecule has 4 rings (SSSR count). The first kappa shape index (κ1) is 18.1. The van der Waals surface area contributed by atoms with Crippen molar-refractivity contribution in [1.29, 1.82) is 0 Å². The molecule has 5 nitrogen and oxygen atoms in total. The number of Topliss-reactive ketones (excluding diaryl/α,β-unsaturated/α-hetero) is 2. The Morgan fingerprint density at radius 2 is 1.81 bits per heavy atom. The number of rotatable bonds is 1. The molecule has 3 saturated carbocycles. The molecule has 0 aromatic rings. The molecule has 26 heavy (non-hydrogen) atoms. The summed E-state index contributed by atoms with van der Waals surface area (Å²) in [4.78, 5) is 25.4. The average molecular weight is 360 g/mol. The third kappa shape index (κ3) is 1.97. The molecule has 0 bridgehead atoms. The van der Waals surface area contributed by atoms with Crippen molar-refractivity contribution in [2.24, 2.45) is 28.6 Å². The number of ketones is 2. The van der Waals surface area contributed by atoms with Crippen molar-refractivity contribution in [1.82, 2.24) is 0 Å². The van der Waals surface area contributed by atoms with Gasteiger partial charge in [0.25, 0.3) is 0 Å². The largest absolute Gasteiger partial charge is 0.385 e. The minimum Gasteiger partial charge on any atom is -0.385 e. The molecule has 3 fully saturated rings. The first-order valence-corrected chi connectivity index (χ1v) is 9.61. The monoisotopic (exact) mass is 360 g/mol. The molecule has 0 aliphatic heterocycles. The summed E-state index contributed by atoms with van der Waals surface area (Å²) >= 11 is 0. The fourth-order valence-electron chi connectivity index (χ4n) is 6.68. The van der Waals surface area contributed by atoms with Crippen LogP contribution < -0.4 is 0 Å². The van der Waals surface area contributed by atoms with E-state index in [0.717, 1.165) is 0 Å². The maximum atomic E-state index is 13.2. The molecule has 5 heteroatoms. The zero-order valence-corrected chi connectivity index (χ0v) is 15.6. The molecule has 0 unspecified atom stereocenters. The normalized spacial score (nSPS) is 52.8. The molecule has 4 aliphatic rings. The standard InChI is InChI=1S/C21H28O5/c1-11(22)21(26)9-6-14-16-13(5-8-20(14,21)3)19(2)7-4-12(23)10-15(19)17(24)18(16)25/h4,7,10,12-14,16-17,23-24,26H,5-6,8-9H2,1-3H3/t12-,13+,14+,16-,17-,19-,20+,21+/m1/s1. The van der Waals surface area contributed by atoms with Crippen LogP contribution >= 0.6 is 0 Å². The predicted octanol–water partition coefficient (Wildman–Crippen LogP) is 1.56. The van der Waals surface area contributed by atoms with Crippen LogP contribution in [0.15, 0.2) is 23.8 Å². The Morgan fingerprint density at radius 1 is 1.15 bits per heavy atom. The Bertz CT molecular complexity index is 739. The van der Waals surface area contributed by atoms with Gasteiger partial charge in [-0.15, -0.1) is 0 Å². The van der Waals surface area contributed by atoms with Crippen molar-refractivity contribution in [2.75, 3.05) is 0 Å². The van der Waals surface area contributed by atoms with Crippen molar-refractivity contribution < 1.29 is 24.9 Å². The molecule has 8 atom stereocenters. The van der Waals surface area contributed by atoms with Crippen LogP contribution in [0, 0.1) is 28.6 Å². The van der Waals surface area contributed by atoms with E-state index in [1.807, 2.05) is 19.9 Å². The van der Waals surface area contributed by atoms with Crippen molar-refractivity contribution in [3.05, 3.63) is 23.8 Å². The second-order valence-electron chi connectivity index (χ2n) is 9.21. The first-order chi connectivity index (χ1) is 12.1. The van der Waals surface area contributed by atoms with Crippen LogP contribution in [0.4, 0.5) is 0 Å². The van der Waals surface area contributed by atoms with E-state index in [1.54, 1.807) is 12.2 Å². The van der Waals surface area contributed by atoms with Crippen LogP contribution in [0.5, 0.6) is 0 Å². The number of carbonyl (C=O) groups is 2. The van der Waals surface area contributed by atoms with Gasteiger partial charge in [-0.25, -0.2) is 0 Å². The first-order valence-electron chi connectivity index (χ1n) is 9.61. The number of carbonyl (C=O) groups excluding carboxylic acids is 2. The van der Waals surface area contributed by atoms with Crippen LogP contribution in [0.2, 0.25) is 0 Å². The Balaban J connectivity index is 1.80. The summed E-state index contributed by atoms with van der Waals surface area (Å²) in [7, 11) is 0. The molecular weight excluding hydrogens is 332 g/mol. The van der Waals surface area contributed by atoms with Crippen LogP contribution in [-0.2, 0) is 9.59 Å². The van der Waals surface area contributed by atoms with E-state index in [9.17, 15) is 24.9 Å². The molecule has 0 aromatic heterocycles. The molecule has 0 heterocycles. The van der Waals surface area contributed by atoms with Gasteiger partial charge in [-0.1, -0.05) is 26.0 Å². The Kier molecular flexibility index (Phi) is 3.73. The summed E-state index contributed by atoms with van der Waals surface area (Å²) in [5, 5.41) is 31.8. The molecule has 0 radical (unpaired) electrons. The van der Waals surface area contributed by atoms with Gasteiger partial charge in [0.1, 0.15) is 11.7 Å². The molecule has 3 N–H and O–H groups in total. The van der Waals surface area contributed by atoms with E-state index >= 15 is 0 Å². The minimum absolute atomic E-state index is 0.0146. The minimum atomic E-state index is -1.39. The van der Waals surface area contributed by atoms with E-state index in [4.69, 9.17) is 0 Å². The van der Waals surface area contributed by atoms with Gasteiger partial charge in [0.05, 0.1) is 6.10 Å². The topological polar surface area (TPSA) is 94.8 Å². The highest BCUT2D eigenvalue weighted by Crippen LogP contribution is 2.66. The smallest absolute Gasteiger partial charge is 0.169 e. The number of fused-ring (bicyclic) bond motifs is 5. The summed E-state index contributed by atoms with van der Waals surface area (Å²) in [6, 6.07) is 0. The summed E-state index contributed by atoms with van der Waals surface area (Å²) < 4.78 is 0. The Hall–Kier alpha value is -1.30. The van der Waals surface area contributed by atoms with Crippen molar-refractivity contribution >= 4 is 11.6 Å². The van der Waals surface area contributed by atoms with E-state index in [-0.39, 0.29) is 29.3 Å². The van der Waals surface area contributed by atoms with Gasteiger partial charge in [0.2, 0.25) is 0 Å². The zero-order valence-electron chi connectivity index (χ0n) is 15.6. The number of allylic oxidation sites excluding steroid dienone is 1. The number of hydrogen-bond acceptors (Lipinski definition) is 5. The summed E-state index contributed by atoms with van der Waals surface area (Å²) in [5.74, 6) is -0.918. The quantitative estimate of drug-likeness (QED) is 0.617. The Morgan fingerprint density at radius 3 is 2.46 bits per heavy atom. The lowest BCUT2D eigenvalue weighted by Crippen LogP contribution is -2.61. The molecule has 0 saturated heterocycles. The maximum absolute atomic E-state index is 13.2. The van der Waals surface area contributed by atoms with Gasteiger partial charge in [-0.2, -0.15) is 0 Å². The van der Waals surface area contributed by atoms with Gasteiger partial charge >= 0.3 is 0 Å². The lowest BCUT2D eigenvalue weighted by molar-refractivity contribution is -0.166. The van der Waals surface area contributed by atoms with Crippen LogP contribution in [0.25, 0.3) is 0 Å². The van der Waals surface area contributed by atoms with E-state index in [0.29, 0.717) is 31.3 Å². The Labute approximate surface area is 153 Å². The molecule has 0 spiro atoms. The lowest BCUT2D eigenvalue weighted by Gasteiger charge is -2.58. The summed E-state index contributed by atoms with van der Waals surface area (Å²) in [6.07, 6.45) is 5.64. The van der Waals surface area contributed by atoms with Crippen LogP contribution in [0.3, 0.4) is 0 Å². The van der Waals surface area contributed by atoms with Gasteiger partial charge in [0, 0.05) is 16.7 Å². The van der Waals surface area contributed by atoms with Crippen LogP contribution in [-0.4, -0.2) is 44.7 Å². The van der Waals surface area contributed by atoms with Gasteiger partial charge in [-0.05, 0) is 56.1 Å². The van der Waals surface area contributed by atoms with E-state index in [1.165, 1.54) is 6.92 Å². The van der Waals surface area contributed by atoms with Crippen LogP contribution in [0.1, 0.15) is 46.5 Å². The van der Waals surface area contributed by atoms with Gasteiger partial charge in [-0.3, -0.25) is 9.59 Å². The summed E-state index contributed by atoms with van der Waals surface area (Å²) in [6.45, 7) is 5.41. The second kappa shape index (κ2) is 5.37. The van der Waals surface area contributed by atoms with Crippen molar-refractivity contribution in [3.63, 3.8) is 0 Å². The molecule has 0 aromatic carbocycles. The molecule has 4 aliphatic carbocycles. The fraction of sp³-hybridized carbons (Fsp3) is 0.714. The zero-order chi connectivity index (χ0) is 19.1. The summed E-state index contributed by atoms with van der Waals surface area (Å²) in [5.41, 5.74) is -1.90. The highest BCUT2D eigenvalue weighted by Gasteiger charge is 2.68. The third-order valence-corrected chi connectivity index (χ3v) is 8.28. The number of aliphatic hydroxyl groups is 3. The number of aliphatic hydroxyl groups excluding tert-OH is 2. The van der Waals surface area contributed by atoms with Gasteiger partial charge in [0.15, 0.2) is 11.6 Å². The molecular formula is C21H28O5. The molecule has 142 valence electrons. The second-order valence-corrected chi connectivity index (χ2v) is 9.21. The highest BCUT2D eigenvalue weighted by molar-refractivity contribution is 5.92. The van der Waals surface area contributed by atoms with Crippen molar-refractivity contribution in [3.8, 4) is 0 Å². The molecule has 0 amide bonds. The predicted molar refractivity (Wildman–Crippen MR) is 95.0 cm³/mol. The highest BCUT2D eigenvalue weighted by atomic mass is 16.3. The fourth-order valence-corrected chi connectivity index (χ4v) is 6.68. The SMILES string of the molecule is CC(=O)[C@@]1(O)CC[C@H]2[C@@H]3C(=O)[C@H](O)C4=C[C@H](O)C=C[C@]4(C)[C@H]3CC[C@@]21C. The maximum Gasteiger partial charge on any atom is 0.169 e. The number of hydrogen-bond donors (Lipinski definition) is 3. The van der Waals surface area contributed by atoms with E-state index in [2.05, 4.69) is 0 Å². The third-order valence-electron chi connectivity index (χ3n) is 8.28. The van der Waals surface area contributed by atoms with Crippen molar-refractivity contribution in [2.45, 2.75) is 64.3 Å². The van der Waals surface area contributed by atoms with E-state index < -0.39 is 28.6 Å². The van der Waals surface area contributed by atoms with Gasteiger partial charge < -0.3 is 15.3 Å². The average Bonchev–Trinajstić information content (AvgIpc) is 2.87. The lowest BCUT2D eigenvalue weighted by atomic mass is 9.46.